The number of fused-ring (bicyclic) bond motifs is 1. The number of piperidine rings is 1. The maximum atomic E-state index is 12.4. The van der Waals surface area contributed by atoms with Crippen LogP contribution in [0, 0.1) is 0 Å². The van der Waals surface area contributed by atoms with E-state index in [2.05, 4.69) is 15.8 Å². The summed E-state index contributed by atoms with van der Waals surface area (Å²) in [5.41, 5.74) is 6.75. The van der Waals surface area contributed by atoms with Crippen molar-refractivity contribution in [2.75, 3.05) is 19.6 Å². The summed E-state index contributed by atoms with van der Waals surface area (Å²) in [6.45, 7) is 1.53. The number of H-pyrrole nitrogens is 1. The number of benzene rings is 2. The van der Waals surface area contributed by atoms with E-state index in [0.717, 1.165) is 23.9 Å². The maximum absolute atomic E-state index is 12.4. The summed E-state index contributed by atoms with van der Waals surface area (Å²) in [5, 5.41) is 0.318. The molecule has 2 aromatic carbocycles. The molecular formula is C21H22ClN5O3. The van der Waals surface area contributed by atoms with Gasteiger partial charge in [-0.2, -0.15) is 0 Å². The minimum absolute atomic E-state index is 0.0906. The summed E-state index contributed by atoms with van der Waals surface area (Å²) >= 11 is 5.99. The molecule has 1 fully saturated rings. The number of imidazole rings is 1. The summed E-state index contributed by atoms with van der Waals surface area (Å²) in [6, 6.07) is 14.4. The van der Waals surface area contributed by atoms with Crippen LogP contribution < -0.4 is 16.5 Å². The highest BCUT2D eigenvalue weighted by atomic mass is 35.5. The maximum Gasteiger partial charge on any atom is 0.326 e. The molecule has 8 nitrogen and oxygen atoms in total. The average molecular weight is 428 g/mol. The van der Waals surface area contributed by atoms with Gasteiger partial charge in [0.05, 0.1) is 28.2 Å². The van der Waals surface area contributed by atoms with E-state index < -0.39 is 5.91 Å². The first-order valence-electron chi connectivity index (χ1n) is 9.78. The minimum atomic E-state index is -0.466. The van der Waals surface area contributed by atoms with E-state index in [1.54, 1.807) is 24.3 Å². The summed E-state index contributed by atoms with van der Waals surface area (Å²) in [6.07, 6.45) is 1.53. The first kappa shape index (κ1) is 20.2. The normalized spacial score (nSPS) is 15.2. The van der Waals surface area contributed by atoms with Crippen molar-refractivity contribution < 1.29 is 9.59 Å². The highest BCUT2D eigenvalue weighted by molar-refractivity contribution is 6.33. The Labute approximate surface area is 177 Å². The second-order valence-electron chi connectivity index (χ2n) is 7.31. The lowest BCUT2D eigenvalue weighted by Crippen LogP contribution is -2.48. The number of aromatic nitrogens is 2. The van der Waals surface area contributed by atoms with Crippen LogP contribution in [0.2, 0.25) is 5.02 Å². The summed E-state index contributed by atoms with van der Waals surface area (Å²) in [5.74, 6) is -0.774. The zero-order valence-electron chi connectivity index (χ0n) is 16.2. The number of aromatic amines is 1. The summed E-state index contributed by atoms with van der Waals surface area (Å²) in [7, 11) is 0. The number of para-hydroxylation sites is 2. The van der Waals surface area contributed by atoms with Gasteiger partial charge in [-0.3, -0.25) is 29.9 Å². The molecule has 4 rings (SSSR count). The Bertz CT molecular complexity index is 1130. The fourth-order valence-corrected chi connectivity index (χ4v) is 4.08. The van der Waals surface area contributed by atoms with Crippen molar-refractivity contribution in [3.05, 3.63) is 69.6 Å². The first-order chi connectivity index (χ1) is 14.5. The molecule has 0 atom stereocenters. The van der Waals surface area contributed by atoms with Gasteiger partial charge >= 0.3 is 5.69 Å². The van der Waals surface area contributed by atoms with E-state index in [1.165, 1.54) is 0 Å². The molecule has 0 spiro atoms. The molecule has 1 aromatic heterocycles. The third kappa shape index (κ3) is 4.24. The van der Waals surface area contributed by atoms with Gasteiger partial charge in [0, 0.05) is 19.1 Å². The van der Waals surface area contributed by atoms with Gasteiger partial charge in [-0.25, -0.2) is 4.79 Å². The number of amides is 2. The molecule has 3 aromatic rings. The number of carbonyl (C=O) groups excluding carboxylic acids is 2. The Morgan fingerprint density at radius 2 is 1.73 bits per heavy atom. The number of nitrogens with one attached hydrogen (secondary N) is 3. The summed E-state index contributed by atoms with van der Waals surface area (Å²) in [4.78, 5) is 41.6. The van der Waals surface area contributed by atoms with E-state index in [0.29, 0.717) is 23.7 Å². The number of hydrazine groups is 1. The quantitative estimate of drug-likeness (QED) is 0.555. The molecule has 2 heterocycles. The van der Waals surface area contributed by atoms with Crippen molar-refractivity contribution in [2.45, 2.75) is 18.9 Å². The molecule has 30 heavy (non-hydrogen) atoms. The molecule has 3 N–H and O–H groups in total. The van der Waals surface area contributed by atoms with Gasteiger partial charge in [0.25, 0.3) is 11.8 Å². The van der Waals surface area contributed by atoms with Gasteiger partial charge in [-0.05, 0) is 37.1 Å². The van der Waals surface area contributed by atoms with Gasteiger partial charge in [-0.15, -0.1) is 0 Å². The lowest BCUT2D eigenvalue weighted by atomic mass is 10.0. The van der Waals surface area contributed by atoms with Crippen LogP contribution in [0.15, 0.2) is 53.3 Å². The van der Waals surface area contributed by atoms with E-state index >= 15 is 0 Å². The number of halogens is 1. The SMILES string of the molecule is O=C(CN1CCC(n2c(=O)[nH]c3ccccc32)CC1)NNC(=O)c1ccccc1Cl. The van der Waals surface area contributed by atoms with E-state index in [4.69, 9.17) is 11.6 Å². The second-order valence-corrected chi connectivity index (χ2v) is 7.71. The third-order valence-corrected chi connectivity index (χ3v) is 5.68. The number of nitrogens with zero attached hydrogens (tertiary/aromatic N) is 2. The summed E-state index contributed by atoms with van der Waals surface area (Å²) < 4.78 is 1.82. The zero-order chi connectivity index (χ0) is 21.1. The van der Waals surface area contributed by atoms with Crippen molar-refractivity contribution >= 4 is 34.4 Å². The predicted octanol–water partition coefficient (Wildman–Crippen LogP) is 2.08. The monoisotopic (exact) mass is 427 g/mol. The Morgan fingerprint density at radius 3 is 2.50 bits per heavy atom. The highest BCUT2D eigenvalue weighted by Gasteiger charge is 2.24. The van der Waals surface area contributed by atoms with E-state index in [9.17, 15) is 14.4 Å². The van der Waals surface area contributed by atoms with Gasteiger partial charge in [0.2, 0.25) is 0 Å². The van der Waals surface area contributed by atoms with Crippen molar-refractivity contribution in [2.24, 2.45) is 0 Å². The molecular weight excluding hydrogens is 406 g/mol. The van der Waals surface area contributed by atoms with Crippen LogP contribution in [-0.2, 0) is 4.79 Å². The van der Waals surface area contributed by atoms with Gasteiger partial charge in [0.15, 0.2) is 0 Å². The Kier molecular flexibility index (Phi) is 5.87. The predicted molar refractivity (Wildman–Crippen MR) is 114 cm³/mol. The van der Waals surface area contributed by atoms with Gasteiger partial charge < -0.3 is 4.98 Å². The van der Waals surface area contributed by atoms with Crippen LogP contribution in [-0.4, -0.2) is 45.9 Å². The fourth-order valence-electron chi connectivity index (χ4n) is 3.85. The molecule has 0 saturated carbocycles. The van der Waals surface area contributed by atoms with Crippen LogP contribution in [0.3, 0.4) is 0 Å². The number of carbonyl (C=O) groups is 2. The van der Waals surface area contributed by atoms with Crippen LogP contribution >= 0.6 is 11.6 Å². The molecule has 2 amide bonds. The second kappa shape index (κ2) is 8.73. The fraction of sp³-hybridized carbons (Fsp3) is 0.286. The first-order valence-corrected chi connectivity index (χ1v) is 10.2. The van der Waals surface area contributed by atoms with Crippen LogP contribution in [0.5, 0.6) is 0 Å². The molecule has 1 aliphatic heterocycles. The molecule has 0 radical (unpaired) electrons. The molecule has 1 aliphatic rings. The Morgan fingerprint density at radius 1 is 1.03 bits per heavy atom. The number of hydrogen-bond acceptors (Lipinski definition) is 4. The zero-order valence-corrected chi connectivity index (χ0v) is 17.0. The molecule has 1 saturated heterocycles. The van der Waals surface area contributed by atoms with Crippen molar-refractivity contribution in [1.29, 1.82) is 0 Å². The largest absolute Gasteiger partial charge is 0.326 e. The lowest BCUT2D eigenvalue weighted by molar-refractivity contribution is -0.123. The molecule has 0 aliphatic carbocycles. The average Bonchev–Trinajstić information content (AvgIpc) is 3.08. The van der Waals surface area contributed by atoms with Crippen molar-refractivity contribution in [3.63, 3.8) is 0 Å². The molecule has 0 bridgehead atoms. The smallest absolute Gasteiger partial charge is 0.306 e. The van der Waals surface area contributed by atoms with Crippen LogP contribution in [0.25, 0.3) is 11.0 Å². The highest BCUT2D eigenvalue weighted by Crippen LogP contribution is 2.24. The van der Waals surface area contributed by atoms with E-state index in [-0.39, 0.29) is 24.2 Å². The topological polar surface area (TPSA) is 99.2 Å². The van der Waals surface area contributed by atoms with Crippen molar-refractivity contribution in [3.8, 4) is 0 Å². The van der Waals surface area contributed by atoms with Gasteiger partial charge in [0.1, 0.15) is 0 Å². The van der Waals surface area contributed by atoms with Crippen LogP contribution in [0.4, 0.5) is 0 Å². The van der Waals surface area contributed by atoms with Crippen molar-refractivity contribution in [1.82, 2.24) is 25.3 Å². The molecule has 0 unspecified atom stereocenters. The third-order valence-electron chi connectivity index (χ3n) is 5.35. The number of hydrogen-bond donors (Lipinski definition) is 3. The molecule has 156 valence electrons. The minimum Gasteiger partial charge on any atom is -0.306 e. The Hall–Kier alpha value is -3.10. The van der Waals surface area contributed by atoms with E-state index in [1.807, 2.05) is 33.7 Å². The number of rotatable bonds is 4. The van der Waals surface area contributed by atoms with Crippen LogP contribution in [0.1, 0.15) is 29.2 Å². The number of likely N-dealkylation sites (tertiary alicyclic amines) is 1. The molecule has 9 heteroatoms. The Balaban J connectivity index is 1.29. The standard InChI is InChI=1S/C21H22ClN5O3/c22-16-6-2-1-5-15(16)20(29)25-24-19(28)13-26-11-9-14(10-12-26)27-18-8-4-3-7-17(18)23-21(27)30/h1-8,14H,9-13H2,(H,23,30)(H,24,28)(H,25,29). The van der Waals surface area contributed by atoms with Gasteiger partial charge in [-0.1, -0.05) is 35.9 Å². The lowest BCUT2D eigenvalue weighted by Gasteiger charge is -2.32.